The first kappa shape index (κ1) is 21.5. The van der Waals surface area contributed by atoms with Gasteiger partial charge in [-0.05, 0) is 49.7 Å². The number of nitrogens with one attached hydrogen (secondary N) is 1. The first-order chi connectivity index (χ1) is 16.3. The minimum absolute atomic E-state index is 0.149. The molecule has 0 saturated carbocycles. The van der Waals surface area contributed by atoms with Gasteiger partial charge in [-0.1, -0.05) is 6.07 Å². The molecule has 10 heteroatoms. The molecule has 0 aliphatic heterocycles. The summed E-state index contributed by atoms with van der Waals surface area (Å²) in [7, 11) is 0. The van der Waals surface area contributed by atoms with Crippen LogP contribution in [0.3, 0.4) is 0 Å². The lowest BCUT2D eigenvalue weighted by atomic mass is 10.1. The Labute approximate surface area is 191 Å². The van der Waals surface area contributed by atoms with Crippen molar-refractivity contribution in [2.75, 3.05) is 5.32 Å². The van der Waals surface area contributed by atoms with Crippen LogP contribution in [-0.4, -0.2) is 25.1 Å². The van der Waals surface area contributed by atoms with Crippen LogP contribution in [0.15, 0.2) is 54.9 Å². The highest BCUT2D eigenvalue weighted by Crippen LogP contribution is 2.26. The summed E-state index contributed by atoms with van der Waals surface area (Å²) >= 11 is 0. The maximum atomic E-state index is 14.0. The topological polar surface area (TPSA) is 72.9 Å². The summed E-state index contributed by atoms with van der Waals surface area (Å²) in [6.07, 6.45) is 3.32. The maximum absolute atomic E-state index is 14.0. The lowest BCUT2D eigenvalue weighted by Gasteiger charge is -2.11. The van der Waals surface area contributed by atoms with Gasteiger partial charge in [-0.15, -0.1) is 0 Å². The van der Waals surface area contributed by atoms with E-state index < -0.39 is 35.5 Å². The summed E-state index contributed by atoms with van der Waals surface area (Å²) in [6, 6.07) is 10.4. The standard InChI is InChI=1S/C24H18F3N5O2/c1-13-9-20-22(24(33)29-18-11-28-31-8-4-3-5-19(18)31)14(2)30-32(20)21(10-13)34-12-15-16(25)6-7-17(26)23(15)27/h3-11H,12H2,1-2H3,(H,29,33). The molecule has 0 bridgehead atoms. The van der Waals surface area contributed by atoms with Crippen molar-refractivity contribution < 1.29 is 22.7 Å². The van der Waals surface area contributed by atoms with Crippen molar-refractivity contribution in [3.05, 3.63) is 94.7 Å². The molecular weight excluding hydrogens is 447 g/mol. The monoisotopic (exact) mass is 465 g/mol. The van der Waals surface area contributed by atoms with Crippen LogP contribution in [0.1, 0.15) is 27.2 Å². The van der Waals surface area contributed by atoms with Crippen molar-refractivity contribution in [2.45, 2.75) is 20.5 Å². The zero-order valence-corrected chi connectivity index (χ0v) is 18.1. The Kier molecular flexibility index (Phi) is 5.20. The van der Waals surface area contributed by atoms with Gasteiger partial charge in [0.2, 0.25) is 5.88 Å². The molecule has 4 aromatic heterocycles. The molecule has 0 spiro atoms. The smallest absolute Gasteiger partial charge is 0.259 e. The molecule has 34 heavy (non-hydrogen) atoms. The number of aromatic nitrogens is 4. The number of carbonyl (C=O) groups excluding carboxylic acids is 1. The zero-order chi connectivity index (χ0) is 24.0. The van der Waals surface area contributed by atoms with E-state index in [1.807, 2.05) is 18.2 Å². The molecule has 172 valence electrons. The Balaban J connectivity index is 1.50. The third-order valence-electron chi connectivity index (χ3n) is 5.43. The van der Waals surface area contributed by atoms with Gasteiger partial charge in [0, 0.05) is 12.3 Å². The van der Waals surface area contributed by atoms with Crippen molar-refractivity contribution in [3.63, 3.8) is 0 Å². The van der Waals surface area contributed by atoms with Crippen LogP contribution in [0.4, 0.5) is 18.9 Å². The van der Waals surface area contributed by atoms with Gasteiger partial charge in [-0.2, -0.15) is 14.7 Å². The molecule has 5 rings (SSSR count). The fourth-order valence-electron chi connectivity index (χ4n) is 3.81. The van der Waals surface area contributed by atoms with Crippen molar-refractivity contribution >= 4 is 22.6 Å². The van der Waals surface area contributed by atoms with E-state index in [0.717, 1.165) is 17.1 Å². The Bertz CT molecular complexity index is 1570. The van der Waals surface area contributed by atoms with Crippen molar-refractivity contribution in [3.8, 4) is 5.88 Å². The molecule has 0 saturated heterocycles. The van der Waals surface area contributed by atoms with E-state index in [1.54, 1.807) is 42.9 Å². The molecule has 7 nitrogen and oxygen atoms in total. The summed E-state index contributed by atoms with van der Waals surface area (Å²) in [4.78, 5) is 13.2. The number of aryl methyl sites for hydroxylation is 2. The second kappa shape index (κ2) is 8.22. The zero-order valence-electron chi connectivity index (χ0n) is 18.1. The number of nitrogens with zero attached hydrogens (tertiary/aromatic N) is 4. The summed E-state index contributed by atoms with van der Waals surface area (Å²) in [5, 5.41) is 11.5. The minimum atomic E-state index is -1.31. The third-order valence-corrected chi connectivity index (χ3v) is 5.43. The highest BCUT2D eigenvalue weighted by Gasteiger charge is 2.22. The molecule has 0 aliphatic carbocycles. The first-order valence-corrected chi connectivity index (χ1v) is 10.3. The quantitative estimate of drug-likeness (QED) is 0.377. The number of pyridine rings is 2. The summed E-state index contributed by atoms with van der Waals surface area (Å²) in [5.41, 5.74) is 2.63. The molecule has 1 aromatic carbocycles. The predicted octanol–water partition coefficient (Wildman–Crippen LogP) is 4.85. The molecule has 0 unspecified atom stereocenters. The molecule has 0 aliphatic rings. The van der Waals surface area contributed by atoms with E-state index in [2.05, 4.69) is 15.5 Å². The molecule has 4 heterocycles. The second-order valence-electron chi connectivity index (χ2n) is 7.78. The van der Waals surface area contributed by atoms with E-state index in [0.29, 0.717) is 28.5 Å². The average Bonchev–Trinajstić information content (AvgIpc) is 3.36. The summed E-state index contributed by atoms with van der Waals surface area (Å²) in [5.74, 6) is -3.65. The number of halogens is 3. The maximum Gasteiger partial charge on any atom is 0.259 e. The van der Waals surface area contributed by atoms with Crippen LogP contribution in [-0.2, 0) is 6.61 Å². The van der Waals surface area contributed by atoms with Gasteiger partial charge in [0.25, 0.3) is 5.91 Å². The van der Waals surface area contributed by atoms with Crippen LogP contribution >= 0.6 is 0 Å². The number of amides is 1. The normalized spacial score (nSPS) is 11.3. The van der Waals surface area contributed by atoms with Crippen LogP contribution in [0.2, 0.25) is 0 Å². The minimum Gasteiger partial charge on any atom is -0.473 e. The van der Waals surface area contributed by atoms with Crippen molar-refractivity contribution in [1.82, 2.24) is 19.2 Å². The number of rotatable bonds is 5. The number of fused-ring (bicyclic) bond motifs is 2. The van der Waals surface area contributed by atoms with Crippen LogP contribution in [0, 0.1) is 31.3 Å². The Hall–Kier alpha value is -4.34. The van der Waals surface area contributed by atoms with Gasteiger partial charge in [0.1, 0.15) is 12.4 Å². The number of anilines is 1. The molecule has 1 amide bonds. The van der Waals surface area contributed by atoms with E-state index >= 15 is 0 Å². The van der Waals surface area contributed by atoms with Gasteiger partial charge >= 0.3 is 0 Å². The molecule has 5 aromatic rings. The molecule has 0 radical (unpaired) electrons. The Morgan fingerprint density at radius 1 is 1.06 bits per heavy atom. The van der Waals surface area contributed by atoms with Gasteiger partial charge in [-0.3, -0.25) is 4.79 Å². The molecular formula is C24H18F3N5O2. The first-order valence-electron chi connectivity index (χ1n) is 10.3. The van der Waals surface area contributed by atoms with Crippen molar-refractivity contribution in [2.24, 2.45) is 0 Å². The highest BCUT2D eigenvalue weighted by atomic mass is 19.2. The van der Waals surface area contributed by atoms with Gasteiger partial charge in [0.15, 0.2) is 11.6 Å². The molecule has 0 atom stereocenters. The van der Waals surface area contributed by atoms with Gasteiger partial charge in [-0.25, -0.2) is 17.7 Å². The van der Waals surface area contributed by atoms with Gasteiger partial charge in [0.05, 0.1) is 39.7 Å². The molecule has 0 fully saturated rings. The summed E-state index contributed by atoms with van der Waals surface area (Å²) < 4.78 is 50.2. The van der Waals surface area contributed by atoms with Crippen LogP contribution in [0.5, 0.6) is 5.88 Å². The predicted molar refractivity (Wildman–Crippen MR) is 118 cm³/mol. The fourth-order valence-corrected chi connectivity index (χ4v) is 3.81. The van der Waals surface area contributed by atoms with Crippen LogP contribution < -0.4 is 10.1 Å². The Morgan fingerprint density at radius 3 is 2.68 bits per heavy atom. The fraction of sp³-hybridized carbons (Fsp3) is 0.125. The number of carbonyl (C=O) groups is 1. The van der Waals surface area contributed by atoms with Crippen molar-refractivity contribution in [1.29, 1.82) is 0 Å². The van der Waals surface area contributed by atoms with E-state index in [1.165, 1.54) is 4.52 Å². The van der Waals surface area contributed by atoms with E-state index in [-0.39, 0.29) is 5.88 Å². The van der Waals surface area contributed by atoms with Gasteiger partial charge < -0.3 is 10.1 Å². The van der Waals surface area contributed by atoms with E-state index in [9.17, 15) is 18.0 Å². The number of hydrogen-bond acceptors (Lipinski definition) is 4. The number of ether oxygens (including phenoxy) is 1. The molecule has 1 N–H and O–H groups in total. The Morgan fingerprint density at radius 2 is 1.85 bits per heavy atom. The number of benzene rings is 1. The SMILES string of the molecule is Cc1cc(OCc2c(F)ccc(F)c2F)n2nc(C)c(C(=O)Nc3cnn4ccccc34)c2c1. The van der Waals surface area contributed by atoms with E-state index in [4.69, 9.17) is 4.74 Å². The second-order valence-corrected chi connectivity index (χ2v) is 7.78. The highest BCUT2D eigenvalue weighted by molar-refractivity contribution is 6.11. The lowest BCUT2D eigenvalue weighted by molar-refractivity contribution is 0.102. The average molecular weight is 465 g/mol. The third kappa shape index (κ3) is 3.62. The number of hydrogen-bond donors (Lipinski definition) is 1. The van der Waals surface area contributed by atoms with Crippen LogP contribution in [0.25, 0.3) is 11.0 Å². The lowest BCUT2D eigenvalue weighted by Crippen LogP contribution is -2.13. The summed E-state index contributed by atoms with van der Waals surface area (Å²) in [6.45, 7) is 2.89. The largest absolute Gasteiger partial charge is 0.473 e.